The van der Waals surface area contributed by atoms with Crippen LogP contribution in [0.3, 0.4) is 0 Å². The van der Waals surface area contributed by atoms with Gasteiger partial charge in [-0.15, -0.1) is 10.2 Å². The summed E-state index contributed by atoms with van der Waals surface area (Å²) in [6, 6.07) is 6.61. The minimum absolute atomic E-state index is 0.0205. The SMILES string of the molecule is CCc1cc(Br)c(O)c(N=Nc2cc(Cl)c(Cl)cc2Cl)c1. The van der Waals surface area contributed by atoms with Crippen molar-refractivity contribution in [3.05, 3.63) is 49.4 Å². The fraction of sp³-hybridized carbons (Fsp3) is 0.143. The zero-order chi connectivity index (χ0) is 15.6. The lowest BCUT2D eigenvalue weighted by molar-refractivity contribution is 0.473. The van der Waals surface area contributed by atoms with Crippen LogP contribution in [-0.4, -0.2) is 5.11 Å². The Morgan fingerprint density at radius 3 is 2.24 bits per heavy atom. The number of aromatic hydroxyl groups is 1. The normalized spacial score (nSPS) is 11.3. The van der Waals surface area contributed by atoms with Gasteiger partial charge in [-0.25, -0.2) is 0 Å². The van der Waals surface area contributed by atoms with E-state index in [1.807, 2.05) is 13.0 Å². The molecule has 0 spiro atoms. The number of hydrogen-bond acceptors (Lipinski definition) is 3. The number of hydrogen-bond donors (Lipinski definition) is 1. The molecule has 0 atom stereocenters. The van der Waals surface area contributed by atoms with Gasteiger partial charge in [0.05, 0.1) is 19.5 Å². The zero-order valence-electron chi connectivity index (χ0n) is 10.9. The Labute approximate surface area is 145 Å². The summed E-state index contributed by atoms with van der Waals surface area (Å²) >= 11 is 21.1. The van der Waals surface area contributed by atoms with Gasteiger partial charge in [-0.1, -0.05) is 41.7 Å². The van der Waals surface area contributed by atoms with Crippen molar-refractivity contribution < 1.29 is 5.11 Å². The summed E-state index contributed by atoms with van der Waals surface area (Å²) in [7, 11) is 0. The summed E-state index contributed by atoms with van der Waals surface area (Å²) < 4.78 is 0.566. The maximum absolute atomic E-state index is 9.98. The summed E-state index contributed by atoms with van der Waals surface area (Å²) in [5.41, 5.74) is 1.75. The third-order valence-electron chi connectivity index (χ3n) is 2.77. The van der Waals surface area contributed by atoms with E-state index in [4.69, 9.17) is 34.8 Å². The molecule has 0 unspecified atom stereocenters. The number of benzene rings is 2. The summed E-state index contributed by atoms with van der Waals surface area (Å²) in [5, 5.41) is 19.1. The highest BCUT2D eigenvalue weighted by Crippen LogP contribution is 2.39. The van der Waals surface area contributed by atoms with Gasteiger partial charge in [0, 0.05) is 0 Å². The third kappa shape index (κ3) is 3.89. The van der Waals surface area contributed by atoms with E-state index in [1.54, 1.807) is 6.07 Å². The molecule has 0 saturated heterocycles. The van der Waals surface area contributed by atoms with Gasteiger partial charge in [-0.3, -0.25) is 0 Å². The van der Waals surface area contributed by atoms with E-state index in [9.17, 15) is 5.11 Å². The Balaban J connectivity index is 2.42. The van der Waals surface area contributed by atoms with Crippen LogP contribution in [0.5, 0.6) is 5.75 Å². The van der Waals surface area contributed by atoms with Crippen molar-refractivity contribution in [3.63, 3.8) is 0 Å². The number of phenols is 1. The molecule has 2 aromatic carbocycles. The molecule has 21 heavy (non-hydrogen) atoms. The van der Waals surface area contributed by atoms with Crippen LogP contribution in [0.2, 0.25) is 15.1 Å². The standard InChI is InChI=1S/C14H10BrCl3N2O/c1-2-7-3-8(15)14(21)13(4-7)20-19-12-6-10(17)9(16)5-11(12)18/h3-6,21H,2H2,1H3. The van der Waals surface area contributed by atoms with Crippen LogP contribution in [0, 0.1) is 0 Å². The molecule has 7 heteroatoms. The average Bonchev–Trinajstić information content (AvgIpc) is 2.45. The van der Waals surface area contributed by atoms with Crippen molar-refractivity contribution in [3.8, 4) is 5.75 Å². The highest BCUT2D eigenvalue weighted by Gasteiger charge is 2.09. The zero-order valence-corrected chi connectivity index (χ0v) is 14.7. The first-order valence-electron chi connectivity index (χ1n) is 6.00. The third-order valence-corrected chi connectivity index (χ3v) is 4.40. The smallest absolute Gasteiger partial charge is 0.157 e. The molecule has 3 nitrogen and oxygen atoms in total. The minimum Gasteiger partial charge on any atom is -0.505 e. The summed E-state index contributed by atoms with van der Waals surface area (Å²) in [4.78, 5) is 0. The molecule has 0 heterocycles. The first-order chi connectivity index (χ1) is 9.92. The molecule has 0 fully saturated rings. The van der Waals surface area contributed by atoms with Crippen LogP contribution in [0.4, 0.5) is 11.4 Å². The molecule has 1 N–H and O–H groups in total. The van der Waals surface area contributed by atoms with Crippen molar-refractivity contribution >= 4 is 62.1 Å². The second-order valence-corrected chi connectivity index (χ2v) is 6.29. The van der Waals surface area contributed by atoms with E-state index in [0.29, 0.717) is 30.9 Å². The van der Waals surface area contributed by atoms with Crippen molar-refractivity contribution in [1.82, 2.24) is 0 Å². The second kappa shape index (κ2) is 6.97. The highest BCUT2D eigenvalue weighted by molar-refractivity contribution is 9.10. The molecule has 110 valence electrons. The summed E-state index contributed by atoms with van der Waals surface area (Å²) in [5.74, 6) is 0.0205. The largest absolute Gasteiger partial charge is 0.505 e. The Kier molecular flexibility index (Phi) is 5.49. The Hall–Kier alpha value is -0.810. The van der Waals surface area contributed by atoms with E-state index in [-0.39, 0.29) is 5.75 Å². The predicted octanol–water partition coefficient (Wildman–Crippen LogP) is 7.09. The Bertz CT molecular complexity index is 720. The number of azo groups is 1. The van der Waals surface area contributed by atoms with Crippen LogP contribution >= 0.6 is 50.7 Å². The molecule has 2 aromatic rings. The van der Waals surface area contributed by atoms with Crippen LogP contribution in [0.1, 0.15) is 12.5 Å². The number of rotatable bonds is 3. The second-order valence-electron chi connectivity index (χ2n) is 4.22. The molecule has 0 bridgehead atoms. The highest BCUT2D eigenvalue weighted by atomic mass is 79.9. The molecule has 0 aliphatic heterocycles. The fourth-order valence-electron chi connectivity index (χ4n) is 1.62. The average molecular weight is 409 g/mol. The van der Waals surface area contributed by atoms with Crippen molar-refractivity contribution in [2.45, 2.75) is 13.3 Å². The van der Waals surface area contributed by atoms with E-state index in [1.165, 1.54) is 12.1 Å². The van der Waals surface area contributed by atoms with E-state index in [0.717, 1.165) is 12.0 Å². The first-order valence-corrected chi connectivity index (χ1v) is 7.92. The van der Waals surface area contributed by atoms with Gasteiger partial charge in [0.25, 0.3) is 0 Å². The lowest BCUT2D eigenvalue weighted by Crippen LogP contribution is -1.81. The van der Waals surface area contributed by atoms with E-state index < -0.39 is 0 Å². The number of halogens is 4. The molecule has 0 aromatic heterocycles. The van der Waals surface area contributed by atoms with Gasteiger partial charge in [-0.05, 0) is 52.2 Å². The van der Waals surface area contributed by atoms with Gasteiger partial charge < -0.3 is 5.11 Å². The van der Waals surface area contributed by atoms with Crippen molar-refractivity contribution in [1.29, 1.82) is 0 Å². The molecule has 2 rings (SSSR count). The maximum atomic E-state index is 9.98. The lowest BCUT2D eigenvalue weighted by Gasteiger charge is -2.05. The molecule has 0 saturated carbocycles. The first kappa shape index (κ1) is 16.6. The molecule has 0 radical (unpaired) electrons. The minimum atomic E-state index is 0.0205. The van der Waals surface area contributed by atoms with Crippen molar-refractivity contribution in [2.75, 3.05) is 0 Å². The topological polar surface area (TPSA) is 45.0 Å². The molecule has 0 aliphatic carbocycles. The number of nitrogens with zero attached hydrogens (tertiary/aromatic N) is 2. The van der Waals surface area contributed by atoms with Crippen LogP contribution in [-0.2, 0) is 6.42 Å². The molecular formula is C14H10BrCl3N2O. The van der Waals surface area contributed by atoms with Gasteiger partial charge in [0.2, 0.25) is 0 Å². The van der Waals surface area contributed by atoms with Crippen LogP contribution in [0.15, 0.2) is 39.0 Å². The van der Waals surface area contributed by atoms with E-state index >= 15 is 0 Å². The molecule has 0 aliphatic rings. The van der Waals surface area contributed by atoms with Gasteiger partial charge in [0.15, 0.2) is 5.75 Å². The number of aryl methyl sites for hydroxylation is 1. The van der Waals surface area contributed by atoms with Gasteiger partial charge in [-0.2, -0.15) is 0 Å². The monoisotopic (exact) mass is 406 g/mol. The molecule has 0 amide bonds. The maximum Gasteiger partial charge on any atom is 0.157 e. The molecular weight excluding hydrogens is 398 g/mol. The van der Waals surface area contributed by atoms with Crippen molar-refractivity contribution in [2.24, 2.45) is 10.2 Å². The summed E-state index contributed by atoms with van der Waals surface area (Å²) in [6.07, 6.45) is 0.814. The summed E-state index contributed by atoms with van der Waals surface area (Å²) in [6.45, 7) is 2.01. The van der Waals surface area contributed by atoms with E-state index in [2.05, 4.69) is 26.2 Å². The van der Waals surface area contributed by atoms with Crippen LogP contribution < -0.4 is 0 Å². The number of phenolic OH excluding ortho intramolecular Hbond substituents is 1. The Morgan fingerprint density at radius 1 is 0.952 bits per heavy atom. The Morgan fingerprint density at radius 2 is 1.57 bits per heavy atom. The fourth-order valence-corrected chi connectivity index (χ4v) is 2.69. The predicted molar refractivity (Wildman–Crippen MR) is 90.8 cm³/mol. The lowest BCUT2D eigenvalue weighted by atomic mass is 10.1. The van der Waals surface area contributed by atoms with Gasteiger partial charge in [0.1, 0.15) is 11.4 Å². The van der Waals surface area contributed by atoms with Crippen LogP contribution in [0.25, 0.3) is 0 Å². The quantitative estimate of drug-likeness (QED) is 0.427. The van der Waals surface area contributed by atoms with Gasteiger partial charge >= 0.3 is 0 Å².